The Morgan fingerprint density at radius 3 is 1.64 bits per heavy atom. The minimum absolute atomic E-state index is 0.263. The summed E-state index contributed by atoms with van der Waals surface area (Å²) in [4.78, 5) is 9.84. The molecule has 0 saturated carbocycles. The first-order valence-electron chi connectivity index (χ1n) is 7.71. The fraction of sp³-hybridized carbons (Fsp3) is 0. The molecule has 25 heavy (non-hydrogen) atoms. The molecule has 1 atom stereocenters. The van der Waals surface area contributed by atoms with Gasteiger partial charge in [0.25, 0.3) is 0 Å². The summed E-state index contributed by atoms with van der Waals surface area (Å²) in [5.41, 5.74) is 2.05. The van der Waals surface area contributed by atoms with Gasteiger partial charge in [-0.25, -0.2) is 4.57 Å². The van der Waals surface area contributed by atoms with Gasteiger partial charge in [-0.15, -0.1) is 0 Å². The third-order valence-electron chi connectivity index (χ3n) is 3.33. The van der Waals surface area contributed by atoms with Gasteiger partial charge in [0.2, 0.25) is 0 Å². The molecule has 126 valence electrons. The van der Waals surface area contributed by atoms with Gasteiger partial charge < -0.3 is 9.05 Å². The molecule has 0 aromatic heterocycles. The first-order chi connectivity index (χ1) is 12.1. The van der Waals surface area contributed by atoms with Gasteiger partial charge in [0.05, 0.1) is 0 Å². The Balaban J connectivity index is 1.64. The van der Waals surface area contributed by atoms with Crippen LogP contribution < -0.4 is 9.05 Å². The molecule has 0 saturated heterocycles. The number of rotatable bonds is 6. The van der Waals surface area contributed by atoms with E-state index in [0.717, 1.165) is 11.1 Å². The largest absolute Gasteiger partial charge is 0.584 e. The Kier molecular flexibility index (Phi) is 5.34. The van der Waals surface area contributed by atoms with Crippen LogP contribution in [0.2, 0.25) is 0 Å². The van der Waals surface area contributed by atoms with Crippen LogP contribution in [0.1, 0.15) is 11.1 Å². The van der Waals surface area contributed by atoms with E-state index in [4.69, 9.17) is 9.05 Å². The van der Waals surface area contributed by atoms with Crippen LogP contribution in [0.4, 0.5) is 0 Å². The zero-order valence-corrected chi connectivity index (χ0v) is 14.3. The number of hydrogen-bond acceptors (Lipinski definition) is 3. The maximum atomic E-state index is 12.0. The maximum Gasteiger partial charge on any atom is 0.584 e. The van der Waals surface area contributed by atoms with Crippen molar-refractivity contribution in [2.24, 2.45) is 0 Å². The molecule has 0 amide bonds. The number of hydrogen-bond donors (Lipinski definition) is 1. The number of phosphoric acid groups is 1. The molecule has 0 bridgehead atoms. The zero-order valence-electron chi connectivity index (χ0n) is 13.4. The quantitative estimate of drug-likeness (QED) is 0.476. The Labute approximate surface area is 146 Å². The molecule has 0 aliphatic heterocycles. The zero-order chi connectivity index (χ0) is 17.5. The van der Waals surface area contributed by atoms with E-state index in [1.165, 1.54) is 0 Å². The van der Waals surface area contributed by atoms with Gasteiger partial charge in [-0.2, -0.15) is 0 Å². The van der Waals surface area contributed by atoms with Crippen molar-refractivity contribution < 1.29 is 18.5 Å². The second-order valence-electron chi connectivity index (χ2n) is 5.28. The molecule has 0 fully saturated rings. The van der Waals surface area contributed by atoms with E-state index >= 15 is 0 Å². The lowest BCUT2D eigenvalue weighted by Gasteiger charge is -2.13. The van der Waals surface area contributed by atoms with E-state index in [2.05, 4.69) is 0 Å². The highest BCUT2D eigenvalue weighted by molar-refractivity contribution is 7.48. The molecule has 1 unspecified atom stereocenters. The van der Waals surface area contributed by atoms with Crippen LogP contribution >= 0.6 is 7.82 Å². The highest BCUT2D eigenvalue weighted by atomic mass is 31.2. The number of phosphoric ester groups is 1. The third-order valence-corrected chi connectivity index (χ3v) is 4.22. The van der Waals surface area contributed by atoms with E-state index in [9.17, 15) is 9.46 Å². The summed E-state index contributed by atoms with van der Waals surface area (Å²) in [5, 5.41) is 0. The van der Waals surface area contributed by atoms with Crippen LogP contribution in [0, 0.1) is 0 Å². The van der Waals surface area contributed by atoms with Gasteiger partial charge in [-0.3, -0.25) is 4.89 Å². The molecule has 0 aliphatic carbocycles. The molecular formula is C20H17O4P. The van der Waals surface area contributed by atoms with Crippen molar-refractivity contribution in [3.8, 4) is 11.5 Å². The van der Waals surface area contributed by atoms with Crippen LogP contribution in [0.3, 0.4) is 0 Å². The van der Waals surface area contributed by atoms with Crippen LogP contribution in [0.15, 0.2) is 84.9 Å². The van der Waals surface area contributed by atoms with Gasteiger partial charge in [0.1, 0.15) is 11.5 Å². The van der Waals surface area contributed by atoms with E-state index in [0.29, 0.717) is 0 Å². The highest BCUT2D eigenvalue weighted by Gasteiger charge is 2.24. The van der Waals surface area contributed by atoms with E-state index in [-0.39, 0.29) is 11.5 Å². The number of para-hydroxylation sites is 1. The van der Waals surface area contributed by atoms with Crippen molar-refractivity contribution in [1.29, 1.82) is 0 Å². The van der Waals surface area contributed by atoms with Crippen molar-refractivity contribution in [3.05, 3.63) is 96.1 Å². The smallest absolute Gasteiger partial charge is 0.395 e. The molecule has 1 N–H and O–H groups in total. The molecule has 3 aromatic rings. The normalized spacial score (nSPS) is 13.3. The average molecular weight is 352 g/mol. The van der Waals surface area contributed by atoms with Crippen molar-refractivity contribution in [2.75, 3.05) is 0 Å². The molecule has 0 heterocycles. The summed E-state index contributed by atoms with van der Waals surface area (Å²) in [6, 6.07) is 25.2. The Bertz CT molecular complexity index is 875. The van der Waals surface area contributed by atoms with E-state index in [1.54, 1.807) is 54.6 Å². The molecule has 5 heteroatoms. The minimum Gasteiger partial charge on any atom is -0.395 e. The summed E-state index contributed by atoms with van der Waals surface area (Å²) >= 11 is 0. The lowest BCUT2D eigenvalue weighted by atomic mass is 10.1. The standard InChI is InChI=1S/C20H17O4P/c21-25(22,23-19-9-5-2-6-10-19)24-20-15-13-18(14-16-20)12-11-17-7-3-1-4-8-17/h1-16H,(H,21,22). The van der Waals surface area contributed by atoms with Crippen molar-refractivity contribution in [2.45, 2.75) is 0 Å². The Morgan fingerprint density at radius 2 is 1.08 bits per heavy atom. The molecular weight excluding hydrogens is 335 g/mol. The van der Waals surface area contributed by atoms with Gasteiger partial charge in [-0.1, -0.05) is 72.8 Å². The molecule has 0 radical (unpaired) electrons. The SMILES string of the molecule is O=P(O)(Oc1ccccc1)Oc1ccc(C=Cc2ccccc2)cc1. The molecule has 0 aliphatic rings. The Morgan fingerprint density at radius 1 is 0.640 bits per heavy atom. The average Bonchev–Trinajstić information content (AvgIpc) is 2.62. The molecule has 0 spiro atoms. The van der Waals surface area contributed by atoms with Gasteiger partial charge in [-0.05, 0) is 35.4 Å². The first-order valence-corrected chi connectivity index (χ1v) is 9.20. The highest BCUT2D eigenvalue weighted by Crippen LogP contribution is 2.44. The van der Waals surface area contributed by atoms with Crippen molar-refractivity contribution >= 4 is 20.0 Å². The first kappa shape index (κ1) is 17.0. The molecule has 4 nitrogen and oxygen atoms in total. The summed E-state index contributed by atoms with van der Waals surface area (Å²) in [6.07, 6.45) is 3.95. The van der Waals surface area contributed by atoms with Gasteiger partial charge in [0.15, 0.2) is 0 Å². The second-order valence-corrected chi connectivity index (χ2v) is 6.58. The topological polar surface area (TPSA) is 55.8 Å². The van der Waals surface area contributed by atoms with Crippen LogP contribution in [-0.4, -0.2) is 4.89 Å². The Hall–Kier alpha value is -2.81. The summed E-state index contributed by atoms with van der Waals surface area (Å²) < 4.78 is 22.2. The van der Waals surface area contributed by atoms with Crippen molar-refractivity contribution in [3.63, 3.8) is 0 Å². The van der Waals surface area contributed by atoms with Crippen LogP contribution in [0.25, 0.3) is 12.2 Å². The minimum atomic E-state index is -4.23. The van der Waals surface area contributed by atoms with Gasteiger partial charge >= 0.3 is 7.82 Å². The molecule has 3 aromatic carbocycles. The fourth-order valence-corrected chi connectivity index (χ4v) is 2.98. The van der Waals surface area contributed by atoms with E-state index < -0.39 is 7.82 Å². The van der Waals surface area contributed by atoms with Crippen LogP contribution in [-0.2, 0) is 4.57 Å². The fourth-order valence-electron chi connectivity index (χ4n) is 2.16. The van der Waals surface area contributed by atoms with Crippen molar-refractivity contribution in [1.82, 2.24) is 0 Å². The predicted octanol–water partition coefficient (Wildman–Crippen LogP) is 5.42. The lowest BCUT2D eigenvalue weighted by Crippen LogP contribution is -1.99. The van der Waals surface area contributed by atoms with Crippen LogP contribution in [0.5, 0.6) is 11.5 Å². The maximum absolute atomic E-state index is 12.0. The summed E-state index contributed by atoms with van der Waals surface area (Å²) in [6.45, 7) is 0. The summed E-state index contributed by atoms with van der Waals surface area (Å²) in [5.74, 6) is 0.536. The second kappa shape index (κ2) is 7.84. The monoisotopic (exact) mass is 352 g/mol. The van der Waals surface area contributed by atoms with E-state index in [1.807, 2.05) is 42.5 Å². The molecule has 3 rings (SSSR count). The summed E-state index contributed by atoms with van der Waals surface area (Å²) in [7, 11) is -4.23. The predicted molar refractivity (Wildman–Crippen MR) is 99.3 cm³/mol. The third kappa shape index (κ3) is 5.35. The lowest BCUT2D eigenvalue weighted by molar-refractivity contribution is 0.291. The number of benzene rings is 3. The van der Waals surface area contributed by atoms with Gasteiger partial charge in [0, 0.05) is 0 Å².